The van der Waals surface area contributed by atoms with Crippen molar-refractivity contribution in [2.45, 2.75) is 31.0 Å². The molecule has 118 valence electrons. The number of hydrogen-bond donors (Lipinski definition) is 0. The van der Waals surface area contributed by atoms with Gasteiger partial charge in [-0.3, -0.25) is 4.79 Å². The van der Waals surface area contributed by atoms with Crippen molar-refractivity contribution in [2.24, 2.45) is 0 Å². The molecule has 0 aliphatic carbocycles. The minimum Gasteiger partial charge on any atom is -0.293 e. The number of aryl methyl sites for hydroxylation is 2. The second-order valence-electron chi connectivity index (χ2n) is 5.27. The number of carbonyl (C=O) groups excluding carboxylic acids is 1. The lowest BCUT2D eigenvalue weighted by Gasteiger charge is -2.10. The molecule has 0 radical (unpaired) electrons. The molecule has 0 amide bonds. The molecule has 23 heavy (non-hydrogen) atoms. The Morgan fingerprint density at radius 2 is 1.91 bits per heavy atom. The van der Waals surface area contributed by atoms with Crippen LogP contribution in [0.2, 0.25) is 0 Å². The van der Waals surface area contributed by atoms with Gasteiger partial charge in [-0.15, -0.1) is 11.3 Å². The van der Waals surface area contributed by atoms with Crippen LogP contribution < -0.4 is 0 Å². The van der Waals surface area contributed by atoms with Gasteiger partial charge >= 0.3 is 0 Å². The van der Waals surface area contributed by atoms with Crippen molar-refractivity contribution in [2.75, 3.05) is 0 Å². The van der Waals surface area contributed by atoms with Gasteiger partial charge in [0.2, 0.25) is 0 Å². The van der Waals surface area contributed by atoms with Gasteiger partial charge in [0.1, 0.15) is 22.0 Å². The summed E-state index contributed by atoms with van der Waals surface area (Å²) in [6, 6.07) is 5.65. The Kier molecular flexibility index (Phi) is 4.46. The van der Waals surface area contributed by atoms with Gasteiger partial charge in [-0.05, 0) is 50.6 Å². The second-order valence-corrected chi connectivity index (χ2v) is 7.81. The summed E-state index contributed by atoms with van der Waals surface area (Å²) >= 11 is 3.06. The van der Waals surface area contributed by atoms with Crippen molar-refractivity contribution >= 4 is 39.1 Å². The number of aromatic nitrogens is 2. The fourth-order valence-electron chi connectivity index (χ4n) is 2.31. The maximum atomic E-state index is 13.0. The molecule has 0 aliphatic rings. The quantitative estimate of drug-likeness (QED) is 0.386. The first kappa shape index (κ1) is 16.1. The van der Waals surface area contributed by atoms with Gasteiger partial charge in [-0.25, -0.2) is 14.4 Å². The molecule has 0 N–H and O–H groups in total. The predicted molar refractivity (Wildman–Crippen MR) is 92.9 cm³/mol. The van der Waals surface area contributed by atoms with Crippen LogP contribution in [-0.2, 0) is 0 Å². The molecule has 3 aromatic rings. The van der Waals surface area contributed by atoms with Crippen LogP contribution in [0, 0.1) is 19.7 Å². The zero-order valence-electron chi connectivity index (χ0n) is 13.0. The molecule has 2 heterocycles. The third-order valence-electron chi connectivity index (χ3n) is 3.72. The fourth-order valence-corrected chi connectivity index (χ4v) is 4.42. The Morgan fingerprint density at radius 1 is 1.22 bits per heavy atom. The maximum Gasteiger partial charge on any atom is 0.175 e. The Hall–Kier alpha value is -1.79. The molecule has 1 atom stereocenters. The van der Waals surface area contributed by atoms with E-state index in [9.17, 15) is 9.18 Å². The lowest BCUT2D eigenvalue weighted by Crippen LogP contribution is -2.13. The number of benzene rings is 1. The smallest absolute Gasteiger partial charge is 0.175 e. The highest BCUT2D eigenvalue weighted by molar-refractivity contribution is 8.00. The second kappa shape index (κ2) is 6.37. The van der Waals surface area contributed by atoms with E-state index in [1.54, 1.807) is 11.3 Å². The number of fused-ring (bicyclic) bond motifs is 1. The molecule has 0 fully saturated rings. The summed E-state index contributed by atoms with van der Waals surface area (Å²) in [7, 11) is 0. The van der Waals surface area contributed by atoms with E-state index in [0.29, 0.717) is 5.56 Å². The molecule has 0 spiro atoms. The average Bonchev–Trinajstić information content (AvgIpc) is 2.83. The van der Waals surface area contributed by atoms with Gasteiger partial charge in [0.25, 0.3) is 0 Å². The Labute approximate surface area is 142 Å². The van der Waals surface area contributed by atoms with Crippen molar-refractivity contribution in [1.29, 1.82) is 0 Å². The van der Waals surface area contributed by atoms with Gasteiger partial charge in [0.15, 0.2) is 5.78 Å². The summed E-state index contributed by atoms with van der Waals surface area (Å²) in [5.74, 6) is -0.380. The number of ketones is 1. The normalized spacial score (nSPS) is 12.5. The van der Waals surface area contributed by atoms with Crippen molar-refractivity contribution in [1.82, 2.24) is 9.97 Å². The number of hydrogen-bond acceptors (Lipinski definition) is 5. The van der Waals surface area contributed by atoms with E-state index in [-0.39, 0.29) is 16.9 Å². The first-order valence-corrected chi connectivity index (χ1v) is 8.84. The van der Waals surface area contributed by atoms with E-state index in [1.165, 1.54) is 47.2 Å². The molecule has 0 aliphatic heterocycles. The Bertz CT molecular complexity index is 874. The number of halogens is 1. The molecule has 3 nitrogen and oxygen atoms in total. The van der Waals surface area contributed by atoms with Crippen molar-refractivity contribution in [3.8, 4) is 0 Å². The number of carbonyl (C=O) groups is 1. The summed E-state index contributed by atoms with van der Waals surface area (Å²) in [5.41, 5.74) is 1.67. The van der Waals surface area contributed by atoms with Crippen LogP contribution in [-0.4, -0.2) is 21.0 Å². The van der Waals surface area contributed by atoms with E-state index in [0.717, 1.165) is 20.8 Å². The maximum absolute atomic E-state index is 13.0. The molecular weight excluding hydrogens is 331 g/mol. The number of nitrogens with zero attached hydrogens (tertiary/aromatic N) is 2. The molecular formula is C17H15FN2OS2. The van der Waals surface area contributed by atoms with Crippen LogP contribution in [0.4, 0.5) is 4.39 Å². The SMILES string of the molecule is Cc1sc2ncnc(S[C@H](C)C(=O)c3ccc(F)cc3)c2c1C. The molecule has 1 aromatic carbocycles. The molecule has 0 unspecified atom stereocenters. The number of rotatable bonds is 4. The first-order chi connectivity index (χ1) is 11.0. The highest BCUT2D eigenvalue weighted by Crippen LogP contribution is 2.36. The molecule has 2 aromatic heterocycles. The first-order valence-electron chi connectivity index (χ1n) is 7.14. The van der Waals surface area contributed by atoms with E-state index in [2.05, 4.69) is 16.9 Å². The van der Waals surface area contributed by atoms with Crippen molar-refractivity contribution in [3.63, 3.8) is 0 Å². The van der Waals surface area contributed by atoms with Gasteiger partial charge < -0.3 is 0 Å². The van der Waals surface area contributed by atoms with E-state index in [4.69, 9.17) is 0 Å². The standard InChI is InChI=1S/C17H15FN2OS2/c1-9-10(2)22-16-14(9)17(20-8-19-16)23-11(3)15(21)12-4-6-13(18)7-5-12/h4-8,11H,1-3H3/t11-/m1/s1. The van der Waals surface area contributed by atoms with Crippen LogP contribution in [0.3, 0.4) is 0 Å². The van der Waals surface area contributed by atoms with Crippen LogP contribution in [0.15, 0.2) is 35.6 Å². The van der Waals surface area contributed by atoms with E-state index < -0.39 is 0 Å². The highest BCUT2D eigenvalue weighted by atomic mass is 32.2. The van der Waals surface area contributed by atoms with E-state index in [1.807, 2.05) is 13.8 Å². The number of thioether (sulfide) groups is 1. The minimum atomic E-state index is -0.344. The van der Waals surface area contributed by atoms with Gasteiger partial charge in [-0.2, -0.15) is 0 Å². The van der Waals surface area contributed by atoms with Crippen LogP contribution in [0.1, 0.15) is 27.7 Å². The average molecular weight is 346 g/mol. The third kappa shape index (κ3) is 3.14. The van der Waals surface area contributed by atoms with Crippen LogP contribution in [0.25, 0.3) is 10.2 Å². The summed E-state index contributed by atoms with van der Waals surface area (Å²) in [4.78, 5) is 23.3. The molecule has 0 saturated heterocycles. The predicted octanol–water partition coefficient (Wildman–Crippen LogP) is 4.81. The summed E-state index contributed by atoms with van der Waals surface area (Å²) in [5, 5.41) is 1.54. The van der Waals surface area contributed by atoms with Crippen LogP contribution >= 0.6 is 23.1 Å². The lowest BCUT2D eigenvalue weighted by atomic mass is 10.1. The topological polar surface area (TPSA) is 42.9 Å². The minimum absolute atomic E-state index is 0.0358. The molecule has 0 saturated carbocycles. The van der Waals surface area contributed by atoms with Crippen LogP contribution in [0.5, 0.6) is 0 Å². The van der Waals surface area contributed by atoms with Crippen molar-refractivity contribution < 1.29 is 9.18 Å². The zero-order valence-corrected chi connectivity index (χ0v) is 14.6. The highest BCUT2D eigenvalue weighted by Gasteiger charge is 2.20. The van der Waals surface area contributed by atoms with Gasteiger partial charge in [0.05, 0.1) is 5.25 Å². The largest absolute Gasteiger partial charge is 0.293 e. The molecule has 6 heteroatoms. The van der Waals surface area contributed by atoms with E-state index >= 15 is 0 Å². The van der Waals surface area contributed by atoms with Gasteiger partial charge in [0, 0.05) is 15.8 Å². The zero-order chi connectivity index (χ0) is 16.6. The number of thiophene rings is 1. The summed E-state index contributed by atoms with van der Waals surface area (Å²) < 4.78 is 13.0. The fraction of sp³-hybridized carbons (Fsp3) is 0.235. The monoisotopic (exact) mass is 346 g/mol. The number of Topliss-reactive ketones (excluding diaryl/α,β-unsaturated/α-hetero) is 1. The lowest BCUT2D eigenvalue weighted by molar-refractivity contribution is 0.0994. The Balaban J connectivity index is 1.89. The third-order valence-corrected chi connectivity index (χ3v) is 5.93. The molecule has 0 bridgehead atoms. The van der Waals surface area contributed by atoms with Gasteiger partial charge in [-0.1, -0.05) is 11.8 Å². The van der Waals surface area contributed by atoms with Crippen molar-refractivity contribution in [3.05, 3.63) is 52.4 Å². The summed E-state index contributed by atoms with van der Waals surface area (Å²) in [6.07, 6.45) is 1.54. The summed E-state index contributed by atoms with van der Waals surface area (Å²) in [6.45, 7) is 5.95. The Morgan fingerprint density at radius 3 is 2.61 bits per heavy atom. The molecule has 3 rings (SSSR count).